The van der Waals surface area contributed by atoms with Gasteiger partial charge in [0, 0.05) is 26.1 Å². The molecule has 164 valence electrons. The lowest BCUT2D eigenvalue weighted by atomic mass is 9.77. The van der Waals surface area contributed by atoms with Crippen LogP contribution in [0.25, 0.3) is 0 Å². The van der Waals surface area contributed by atoms with Crippen molar-refractivity contribution >= 4 is 60.5 Å². The molecule has 1 heterocycles. The van der Waals surface area contributed by atoms with Crippen molar-refractivity contribution in [1.82, 2.24) is 0 Å². The van der Waals surface area contributed by atoms with Gasteiger partial charge in [0.15, 0.2) is 0 Å². The standard InChI is InChI=1S/C24H19BrCl2N2O2S/c25-15-4-1-3-14(9-15)24-21-6-2-5-20(21)22-13-19(7-8-23(22)28-24)32(30,31)29-18-11-16(26)10-17(27)12-18/h1-5,7-13,20-21,24,28-29H,6H2/t20-,21+,24+/m0/s1. The van der Waals surface area contributed by atoms with Crippen LogP contribution in [0.2, 0.25) is 10.0 Å². The highest BCUT2D eigenvalue weighted by Crippen LogP contribution is 2.50. The first-order valence-electron chi connectivity index (χ1n) is 10.1. The van der Waals surface area contributed by atoms with Gasteiger partial charge >= 0.3 is 0 Å². The normalized spacial score (nSPS) is 21.5. The topological polar surface area (TPSA) is 58.2 Å². The SMILES string of the molecule is O=S(=O)(Nc1cc(Cl)cc(Cl)c1)c1ccc2c(c1)[C@H]1C=CC[C@H]1[C@@H](c1cccc(Br)c1)N2. The minimum atomic E-state index is -3.81. The number of allylic oxidation sites excluding steroid dienone is 2. The van der Waals surface area contributed by atoms with Crippen LogP contribution in [0.1, 0.15) is 29.5 Å². The fourth-order valence-corrected chi connectivity index (χ4v) is 6.61. The second-order valence-electron chi connectivity index (χ2n) is 8.04. The quantitative estimate of drug-likeness (QED) is 0.334. The van der Waals surface area contributed by atoms with Gasteiger partial charge in [0.05, 0.1) is 16.6 Å². The number of rotatable bonds is 4. The zero-order valence-electron chi connectivity index (χ0n) is 16.7. The molecule has 4 nitrogen and oxygen atoms in total. The maximum absolute atomic E-state index is 13.1. The third-order valence-corrected chi connectivity index (χ3v) is 8.28. The Kier molecular flexibility index (Phi) is 5.74. The van der Waals surface area contributed by atoms with Gasteiger partial charge in [0.25, 0.3) is 10.0 Å². The smallest absolute Gasteiger partial charge is 0.261 e. The van der Waals surface area contributed by atoms with E-state index < -0.39 is 10.0 Å². The fourth-order valence-electron chi connectivity index (χ4n) is 4.60. The molecule has 0 radical (unpaired) electrons. The van der Waals surface area contributed by atoms with Crippen molar-refractivity contribution in [2.75, 3.05) is 10.0 Å². The van der Waals surface area contributed by atoms with Crippen molar-refractivity contribution in [3.63, 3.8) is 0 Å². The summed E-state index contributed by atoms with van der Waals surface area (Å²) in [5, 5.41) is 4.37. The van der Waals surface area contributed by atoms with Crippen LogP contribution in [0, 0.1) is 5.92 Å². The number of benzene rings is 3. The minimum Gasteiger partial charge on any atom is -0.378 e. The lowest BCUT2D eigenvalue weighted by molar-refractivity contribution is 0.425. The molecule has 8 heteroatoms. The van der Waals surface area contributed by atoms with Crippen LogP contribution in [-0.2, 0) is 10.0 Å². The molecule has 0 aromatic heterocycles. The van der Waals surface area contributed by atoms with E-state index in [1.165, 1.54) is 17.7 Å². The van der Waals surface area contributed by atoms with E-state index in [2.05, 4.69) is 50.3 Å². The first-order chi connectivity index (χ1) is 15.3. The fraction of sp³-hybridized carbons (Fsp3) is 0.167. The molecule has 2 aliphatic rings. The third-order valence-electron chi connectivity index (χ3n) is 5.97. The Labute approximate surface area is 205 Å². The average molecular weight is 550 g/mol. The molecule has 0 amide bonds. The van der Waals surface area contributed by atoms with Gasteiger partial charge in [0.1, 0.15) is 0 Å². The summed E-state index contributed by atoms with van der Waals surface area (Å²) in [6, 6.07) is 18.3. The molecule has 0 spiro atoms. The van der Waals surface area contributed by atoms with Crippen LogP contribution in [0.3, 0.4) is 0 Å². The van der Waals surface area contributed by atoms with Crippen LogP contribution < -0.4 is 10.0 Å². The second kappa shape index (κ2) is 8.41. The Morgan fingerprint density at radius 3 is 2.53 bits per heavy atom. The molecule has 3 aromatic rings. The van der Waals surface area contributed by atoms with Crippen LogP contribution in [0.4, 0.5) is 11.4 Å². The monoisotopic (exact) mass is 548 g/mol. The van der Waals surface area contributed by atoms with Gasteiger partial charge in [-0.1, -0.05) is 63.4 Å². The van der Waals surface area contributed by atoms with Crippen LogP contribution in [-0.4, -0.2) is 8.42 Å². The van der Waals surface area contributed by atoms with E-state index in [0.717, 1.165) is 22.1 Å². The first-order valence-corrected chi connectivity index (χ1v) is 13.1. The molecule has 0 fully saturated rings. The average Bonchev–Trinajstić information content (AvgIpc) is 3.22. The number of hydrogen-bond donors (Lipinski definition) is 2. The van der Waals surface area contributed by atoms with Crippen molar-refractivity contribution < 1.29 is 8.42 Å². The van der Waals surface area contributed by atoms with E-state index >= 15 is 0 Å². The third kappa shape index (κ3) is 4.17. The van der Waals surface area contributed by atoms with Gasteiger partial charge in [0.2, 0.25) is 0 Å². The van der Waals surface area contributed by atoms with E-state index in [0.29, 0.717) is 21.7 Å². The Morgan fingerprint density at radius 1 is 1.00 bits per heavy atom. The predicted octanol–water partition coefficient (Wildman–Crippen LogP) is 7.38. The Morgan fingerprint density at radius 2 is 1.78 bits per heavy atom. The van der Waals surface area contributed by atoms with Crippen LogP contribution in [0.15, 0.2) is 82.2 Å². The van der Waals surface area contributed by atoms with Crippen molar-refractivity contribution in [3.05, 3.63) is 98.5 Å². The molecule has 0 unspecified atom stereocenters. The summed E-state index contributed by atoms with van der Waals surface area (Å²) in [6.45, 7) is 0. The number of halogens is 3. The van der Waals surface area contributed by atoms with E-state index in [1.807, 2.05) is 18.2 Å². The number of fused-ring (bicyclic) bond motifs is 3. The van der Waals surface area contributed by atoms with Crippen molar-refractivity contribution in [2.24, 2.45) is 5.92 Å². The Bertz CT molecular complexity index is 1320. The highest BCUT2D eigenvalue weighted by Gasteiger charge is 2.38. The molecule has 3 aromatic carbocycles. The summed E-state index contributed by atoms with van der Waals surface area (Å²) >= 11 is 15.6. The van der Waals surface area contributed by atoms with E-state index in [4.69, 9.17) is 23.2 Å². The predicted molar refractivity (Wildman–Crippen MR) is 134 cm³/mol. The molecular weight excluding hydrogens is 531 g/mol. The van der Waals surface area contributed by atoms with E-state index in [-0.39, 0.29) is 16.9 Å². The summed E-state index contributed by atoms with van der Waals surface area (Å²) in [5.74, 6) is 0.459. The minimum absolute atomic E-state index is 0.144. The summed E-state index contributed by atoms with van der Waals surface area (Å²) in [4.78, 5) is 0.203. The van der Waals surface area contributed by atoms with Gasteiger partial charge in [-0.05, 0) is 72.0 Å². The highest BCUT2D eigenvalue weighted by molar-refractivity contribution is 9.10. The molecular formula is C24H19BrCl2N2O2S. The largest absolute Gasteiger partial charge is 0.378 e. The van der Waals surface area contributed by atoms with Crippen molar-refractivity contribution in [1.29, 1.82) is 0 Å². The zero-order valence-corrected chi connectivity index (χ0v) is 20.6. The van der Waals surface area contributed by atoms with E-state index in [1.54, 1.807) is 18.2 Å². The summed E-state index contributed by atoms with van der Waals surface area (Å²) in [7, 11) is -3.81. The second-order valence-corrected chi connectivity index (χ2v) is 11.5. The van der Waals surface area contributed by atoms with Crippen LogP contribution >= 0.6 is 39.1 Å². The maximum Gasteiger partial charge on any atom is 0.261 e. The van der Waals surface area contributed by atoms with Gasteiger partial charge in [-0.15, -0.1) is 0 Å². The molecule has 0 saturated heterocycles. The van der Waals surface area contributed by atoms with Crippen molar-refractivity contribution in [2.45, 2.75) is 23.3 Å². The van der Waals surface area contributed by atoms with Crippen molar-refractivity contribution in [3.8, 4) is 0 Å². The van der Waals surface area contributed by atoms with Gasteiger partial charge in [-0.2, -0.15) is 0 Å². The molecule has 0 bridgehead atoms. The highest BCUT2D eigenvalue weighted by atomic mass is 79.9. The van der Waals surface area contributed by atoms with Gasteiger partial charge < -0.3 is 5.32 Å². The Balaban J connectivity index is 1.49. The molecule has 3 atom stereocenters. The molecule has 32 heavy (non-hydrogen) atoms. The molecule has 0 saturated carbocycles. The lowest BCUT2D eigenvalue weighted by Crippen LogP contribution is -2.29. The molecule has 1 aliphatic heterocycles. The number of sulfonamides is 1. The molecule has 1 aliphatic carbocycles. The van der Waals surface area contributed by atoms with Gasteiger partial charge in [-0.25, -0.2) is 8.42 Å². The van der Waals surface area contributed by atoms with Crippen LogP contribution in [0.5, 0.6) is 0 Å². The maximum atomic E-state index is 13.1. The summed E-state index contributed by atoms with van der Waals surface area (Å²) < 4.78 is 29.8. The molecule has 2 N–H and O–H groups in total. The van der Waals surface area contributed by atoms with Gasteiger partial charge in [-0.3, -0.25) is 4.72 Å². The van der Waals surface area contributed by atoms with E-state index in [9.17, 15) is 8.42 Å². The lowest BCUT2D eigenvalue weighted by Gasteiger charge is -2.37. The number of hydrogen-bond acceptors (Lipinski definition) is 3. The Hall–Kier alpha value is -1.99. The summed E-state index contributed by atoms with van der Waals surface area (Å²) in [5.41, 5.74) is 3.47. The summed E-state index contributed by atoms with van der Waals surface area (Å²) in [6.07, 6.45) is 5.31. The zero-order chi connectivity index (χ0) is 22.5. The number of nitrogens with one attached hydrogen (secondary N) is 2. The molecule has 5 rings (SSSR count). The first kappa shape index (κ1) is 21.8. The number of anilines is 2.